The maximum Gasteiger partial charge on any atom is 0.306 e. The van der Waals surface area contributed by atoms with Crippen molar-refractivity contribution in [1.82, 2.24) is 4.98 Å². The largest absolute Gasteiger partial charge is 0.494 e. The average Bonchev–Trinajstić information content (AvgIpc) is 2.61. The Kier molecular flexibility index (Phi) is 7.88. The topological polar surface area (TPSA) is 77.5 Å². The number of hydrogen-bond acceptors (Lipinski definition) is 5. The summed E-state index contributed by atoms with van der Waals surface area (Å²) >= 11 is 11.7. The van der Waals surface area contributed by atoms with Gasteiger partial charge in [0, 0.05) is 12.6 Å². The molecule has 0 saturated carbocycles. The Hall–Kier alpha value is -2.31. The van der Waals surface area contributed by atoms with Crippen LogP contribution in [0.3, 0.4) is 0 Å². The molecule has 1 heterocycles. The molecule has 0 aliphatic carbocycles. The van der Waals surface area contributed by atoms with Crippen LogP contribution in [0.4, 0.5) is 5.82 Å². The summed E-state index contributed by atoms with van der Waals surface area (Å²) in [6.45, 7) is 3.83. The van der Waals surface area contributed by atoms with E-state index in [-0.39, 0.29) is 17.3 Å². The highest BCUT2D eigenvalue weighted by Gasteiger charge is 2.19. The summed E-state index contributed by atoms with van der Waals surface area (Å²) < 4.78 is 10.7. The van der Waals surface area contributed by atoms with E-state index in [1.807, 2.05) is 31.2 Å². The summed E-state index contributed by atoms with van der Waals surface area (Å²) in [7, 11) is 0. The van der Waals surface area contributed by atoms with Gasteiger partial charge in [-0.05, 0) is 44.0 Å². The van der Waals surface area contributed by atoms with Crippen molar-refractivity contribution in [3.05, 3.63) is 52.1 Å². The number of pyridine rings is 1. The zero-order valence-electron chi connectivity index (χ0n) is 15.0. The molecule has 0 radical (unpaired) electrons. The van der Waals surface area contributed by atoms with Gasteiger partial charge in [0.05, 0.1) is 16.7 Å². The second-order valence-electron chi connectivity index (χ2n) is 5.87. The Morgan fingerprint density at radius 3 is 2.74 bits per heavy atom. The average molecular weight is 411 g/mol. The highest BCUT2D eigenvalue weighted by molar-refractivity contribution is 6.36. The molecule has 2 aromatic rings. The molecule has 27 heavy (non-hydrogen) atoms. The van der Waals surface area contributed by atoms with Crippen LogP contribution in [0, 0.1) is 6.92 Å². The van der Waals surface area contributed by atoms with Gasteiger partial charge in [-0.1, -0.05) is 35.3 Å². The zero-order chi connectivity index (χ0) is 19.8. The predicted molar refractivity (Wildman–Crippen MR) is 104 cm³/mol. The van der Waals surface area contributed by atoms with Gasteiger partial charge in [-0.3, -0.25) is 9.59 Å². The fourth-order valence-electron chi connectivity index (χ4n) is 2.15. The third-order valence-electron chi connectivity index (χ3n) is 3.51. The highest BCUT2D eigenvalue weighted by atomic mass is 35.5. The Morgan fingerprint density at radius 1 is 1.26 bits per heavy atom. The number of nitrogens with zero attached hydrogens (tertiary/aromatic N) is 1. The highest BCUT2D eigenvalue weighted by Crippen LogP contribution is 2.22. The molecule has 1 aromatic heterocycles. The molecule has 144 valence electrons. The fraction of sp³-hybridized carbons (Fsp3) is 0.316. The molecule has 1 N–H and O–H groups in total. The standard InChI is InChI=1S/C19H20Cl2N2O4/c1-12-5-3-6-15(9-12)26-8-4-7-17(24)27-13(2)19(25)23-18-16(21)10-14(20)11-22-18/h3,5-6,9-11,13H,4,7-8H2,1-2H3,(H,22,23,25)/t13-/m1/s1. The second kappa shape index (κ2) is 10.1. The number of carbonyl (C=O) groups excluding carboxylic acids is 2. The molecule has 0 saturated heterocycles. The van der Waals surface area contributed by atoms with Crippen LogP contribution >= 0.6 is 23.2 Å². The molecular formula is C19H20Cl2N2O4. The minimum Gasteiger partial charge on any atom is -0.494 e. The van der Waals surface area contributed by atoms with E-state index >= 15 is 0 Å². The lowest BCUT2D eigenvalue weighted by molar-refractivity contribution is -0.153. The number of anilines is 1. The van der Waals surface area contributed by atoms with Crippen molar-refractivity contribution < 1.29 is 19.1 Å². The first kappa shape index (κ1) is 21.0. The molecule has 0 unspecified atom stereocenters. The SMILES string of the molecule is Cc1cccc(OCCCC(=O)O[C@H](C)C(=O)Nc2ncc(Cl)cc2Cl)c1. The Morgan fingerprint density at radius 2 is 2.04 bits per heavy atom. The van der Waals surface area contributed by atoms with Gasteiger partial charge in [0.2, 0.25) is 0 Å². The lowest BCUT2D eigenvalue weighted by Gasteiger charge is -2.14. The van der Waals surface area contributed by atoms with Crippen LogP contribution in [0.1, 0.15) is 25.3 Å². The molecule has 1 amide bonds. The number of ether oxygens (including phenoxy) is 2. The lowest BCUT2D eigenvalue weighted by Crippen LogP contribution is -2.30. The molecule has 0 aliphatic heterocycles. The van der Waals surface area contributed by atoms with Gasteiger partial charge in [0.1, 0.15) is 5.75 Å². The smallest absolute Gasteiger partial charge is 0.306 e. The quantitative estimate of drug-likeness (QED) is 0.514. The Bertz CT molecular complexity index is 814. The molecule has 0 aliphatic rings. The number of aromatic nitrogens is 1. The van der Waals surface area contributed by atoms with Crippen LogP contribution in [0.15, 0.2) is 36.5 Å². The van der Waals surface area contributed by atoms with E-state index in [0.29, 0.717) is 18.1 Å². The van der Waals surface area contributed by atoms with Crippen molar-refractivity contribution in [3.63, 3.8) is 0 Å². The van der Waals surface area contributed by atoms with Gasteiger partial charge in [-0.25, -0.2) is 4.98 Å². The number of hydrogen-bond donors (Lipinski definition) is 1. The van der Waals surface area contributed by atoms with Crippen molar-refractivity contribution in [2.24, 2.45) is 0 Å². The number of benzene rings is 1. The van der Waals surface area contributed by atoms with Crippen LogP contribution in [-0.4, -0.2) is 29.6 Å². The normalized spacial score (nSPS) is 11.6. The number of halogens is 2. The van der Waals surface area contributed by atoms with Crippen LogP contribution in [-0.2, 0) is 14.3 Å². The molecule has 0 bridgehead atoms. The summed E-state index contributed by atoms with van der Waals surface area (Å²) in [5.41, 5.74) is 1.10. The van der Waals surface area contributed by atoms with E-state index in [0.717, 1.165) is 11.3 Å². The number of amides is 1. The molecule has 8 heteroatoms. The zero-order valence-corrected chi connectivity index (χ0v) is 16.5. The molecule has 6 nitrogen and oxygen atoms in total. The summed E-state index contributed by atoms with van der Waals surface area (Å²) in [6.07, 6.45) is 0.993. The van der Waals surface area contributed by atoms with Crippen LogP contribution < -0.4 is 10.1 Å². The molecular weight excluding hydrogens is 391 g/mol. The van der Waals surface area contributed by atoms with Crippen molar-refractivity contribution in [3.8, 4) is 5.75 Å². The summed E-state index contributed by atoms with van der Waals surface area (Å²) in [6, 6.07) is 9.11. The lowest BCUT2D eigenvalue weighted by atomic mass is 10.2. The van der Waals surface area contributed by atoms with E-state index in [4.69, 9.17) is 32.7 Å². The van der Waals surface area contributed by atoms with Gasteiger partial charge in [0.15, 0.2) is 11.9 Å². The number of esters is 1. The Balaban J connectivity index is 1.71. The molecule has 1 aromatic carbocycles. The molecule has 0 fully saturated rings. The van der Waals surface area contributed by atoms with Gasteiger partial charge in [-0.2, -0.15) is 0 Å². The first-order chi connectivity index (χ1) is 12.8. The minimum absolute atomic E-state index is 0.142. The minimum atomic E-state index is -0.983. The van der Waals surface area contributed by atoms with E-state index in [2.05, 4.69) is 10.3 Å². The number of rotatable bonds is 8. The van der Waals surface area contributed by atoms with E-state index < -0.39 is 18.0 Å². The van der Waals surface area contributed by atoms with Gasteiger partial charge in [-0.15, -0.1) is 0 Å². The van der Waals surface area contributed by atoms with Crippen LogP contribution in [0.5, 0.6) is 5.75 Å². The molecule has 2 rings (SSSR count). The predicted octanol–water partition coefficient (Wildman–Crippen LogP) is 4.43. The number of nitrogens with one attached hydrogen (secondary N) is 1. The van der Waals surface area contributed by atoms with E-state index in [1.165, 1.54) is 19.2 Å². The van der Waals surface area contributed by atoms with Crippen LogP contribution in [0.25, 0.3) is 0 Å². The maximum absolute atomic E-state index is 12.1. The summed E-state index contributed by atoms with van der Waals surface area (Å²) in [4.78, 5) is 27.9. The van der Waals surface area contributed by atoms with Gasteiger partial charge >= 0.3 is 5.97 Å². The van der Waals surface area contributed by atoms with E-state index in [1.54, 1.807) is 0 Å². The number of aryl methyl sites for hydroxylation is 1. The number of carbonyl (C=O) groups is 2. The molecule has 0 spiro atoms. The summed E-state index contributed by atoms with van der Waals surface area (Å²) in [5.74, 6) is -0.110. The third-order valence-corrected chi connectivity index (χ3v) is 4.01. The van der Waals surface area contributed by atoms with Crippen molar-refractivity contribution >= 4 is 40.9 Å². The summed E-state index contributed by atoms with van der Waals surface area (Å²) in [5, 5.41) is 3.04. The van der Waals surface area contributed by atoms with E-state index in [9.17, 15) is 9.59 Å². The first-order valence-corrected chi connectivity index (χ1v) is 9.11. The monoisotopic (exact) mass is 410 g/mol. The second-order valence-corrected chi connectivity index (χ2v) is 6.72. The van der Waals surface area contributed by atoms with Crippen molar-refractivity contribution in [2.75, 3.05) is 11.9 Å². The Labute approximate surface area is 167 Å². The van der Waals surface area contributed by atoms with Crippen molar-refractivity contribution in [1.29, 1.82) is 0 Å². The first-order valence-electron chi connectivity index (χ1n) is 8.36. The van der Waals surface area contributed by atoms with Gasteiger partial charge in [0.25, 0.3) is 5.91 Å². The third kappa shape index (κ3) is 7.07. The maximum atomic E-state index is 12.1. The van der Waals surface area contributed by atoms with Gasteiger partial charge < -0.3 is 14.8 Å². The van der Waals surface area contributed by atoms with Crippen molar-refractivity contribution in [2.45, 2.75) is 32.8 Å². The molecule has 1 atom stereocenters. The van der Waals surface area contributed by atoms with Crippen LogP contribution in [0.2, 0.25) is 10.0 Å². The fourth-order valence-corrected chi connectivity index (χ4v) is 2.57.